The molecule has 1 heterocycles. The summed E-state index contributed by atoms with van der Waals surface area (Å²) in [5.41, 5.74) is 3.27. The molecular formula is C22H27FN4O2. The number of urea groups is 1. The number of amides is 3. The van der Waals surface area contributed by atoms with Gasteiger partial charge >= 0.3 is 6.03 Å². The van der Waals surface area contributed by atoms with Gasteiger partial charge in [-0.25, -0.2) is 9.18 Å². The van der Waals surface area contributed by atoms with Crippen LogP contribution >= 0.6 is 0 Å². The van der Waals surface area contributed by atoms with Gasteiger partial charge in [0.1, 0.15) is 5.82 Å². The number of benzene rings is 2. The molecule has 6 nitrogen and oxygen atoms in total. The highest BCUT2D eigenvalue weighted by Crippen LogP contribution is 2.24. The summed E-state index contributed by atoms with van der Waals surface area (Å²) in [6, 6.07) is 12.0. The van der Waals surface area contributed by atoms with Crippen molar-refractivity contribution >= 4 is 23.3 Å². The van der Waals surface area contributed by atoms with E-state index in [-0.39, 0.29) is 24.3 Å². The van der Waals surface area contributed by atoms with E-state index in [2.05, 4.69) is 16.0 Å². The first-order valence-electron chi connectivity index (χ1n) is 9.82. The number of halogens is 1. The Morgan fingerprint density at radius 2 is 1.93 bits per heavy atom. The van der Waals surface area contributed by atoms with Crippen molar-refractivity contribution in [3.63, 3.8) is 0 Å². The van der Waals surface area contributed by atoms with E-state index in [1.165, 1.54) is 6.07 Å². The standard InChI is InChI=1S/C22H27FN4O2/c1-15-5-3-6-17(11-15)26-22(29)24-13-21(28)25-18-7-4-10-27(14-18)20-12-16(2)8-9-19(20)23/h3,5-6,8-9,11-12,18H,4,7,10,13-14H2,1-2H3,(H,25,28)(H2,24,26,29). The van der Waals surface area contributed by atoms with Crippen molar-refractivity contribution in [2.24, 2.45) is 0 Å². The van der Waals surface area contributed by atoms with E-state index in [0.29, 0.717) is 17.9 Å². The second kappa shape index (κ2) is 9.41. The van der Waals surface area contributed by atoms with E-state index >= 15 is 0 Å². The van der Waals surface area contributed by atoms with Crippen LogP contribution in [-0.2, 0) is 4.79 Å². The lowest BCUT2D eigenvalue weighted by Crippen LogP contribution is -2.50. The van der Waals surface area contributed by atoms with Crippen molar-refractivity contribution in [3.05, 3.63) is 59.4 Å². The Balaban J connectivity index is 1.47. The summed E-state index contributed by atoms with van der Waals surface area (Å²) in [7, 11) is 0. The van der Waals surface area contributed by atoms with Crippen LogP contribution in [0, 0.1) is 19.7 Å². The van der Waals surface area contributed by atoms with Crippen LogP contribution in [0.4, 0.5) is 20.6 Å². The molecule has 7 heteroatoms. The maximum Gasteiger partial charge on any atom is 0.319 e. The smallest absolute Gasteiger partial charge is 0.319 e. The highest BCUT2D eigenvalue weighted by molar-refractivity contribution is 5.92. The minimum absolute atomic E-state index is 0.0854. The topological polar surface area (TPSA) is 73.5 Å². The Labute approximate surface area is 170 Å². The lowest BCUT2D eigenvalue weighted by atomic mass is 10.0. The maximum absolute atomic E-state index is 14.2. The number of nitrogens with one attached hydrogen (secondary N) is 3. The number of hydrogen-bond donors (Lipinski definition) is 3. The van der Waals surface area contributed by atoms with Crippen molar-refractivity contribution < 1.29 is 14.0 Å². The summed E-state index contributed by atoms with van der Waals surface area (Å²) in [5, 5.41) is 8.20. The first-order valence-corrected chi connectivity index (χ1v) is 9.82. The molecule has 154 valence electrons. The number of carbonyl (C=O) groups excluding carboxylic acids is 2. The van der Waals surface area contributed by atoms with Gasteiger partial charge in [0.2, 0.25) is 5.91 Å². The molecule has 0 saturated carbocycles. The van der Waals surface area contributed by atoms with Gasteiger partial charge in [-0.15, -0.1) is 0 Å². The molecule has 29 heavy (non-hydrogen) atoms. The van der Waals surface area contributed by atoms with Crippen molar-refractivity contribution in [3.8, 4) is 0 Å². The molecule has 0 aliphatic carbocycles. The number of nitrogens with zero attached hydrogens (tertiary/aromatic N) is 1. The third-order valence-corrected chi connectivity index (χ3v) is 4.91. The zero-order chi connectivity index (χ0) is 20.8. The molecule has 3 amide bonds. The minimum Gasteiger partial charge on any atom is -0.367 e. The maximum atomic E-state index is 14.2. The van der Waals surface area contributed by atoms with Gasteiger partial charge in [0.15, 0.2) is 0 Å². The van der Waals surface area contributed by atoms with Gasteiger partial charge in [0.25, 0.3) is 0 Å². The first kappa shape index (κ1) is 20.6. The van der Waals surface area contributed by atoms with Gasteiger partial charge in [0.05, 0.1) is 12.2 Å². The molecule has 1 saturated heterocycles. The van der Waals surface area contributed by atoms with Gasteiger partial charge in [-0.05, 0) is 62.1 Å². The second-order valence-electron chi connectivity index (χ2n) is 7.48. The summed E-state index contributed by atoms with van der Waals surface area (Å²) in [4.78, 5) is 26.2. The lowest BCUT2D eigenvalue weighted by Gasteiger charge is -2.35. The summed E-state index contributed by atoms with van der Waals surface area (Å²) >= 11 is 0. The molecule has 0 radical (unpaired) electrons. The van der Waals surface area contributed by atoms with Crippen LogP contribution in [-0.4, -0.2) is 37.6 Å². The van der Waals surface area contributed by atoms with E-state index in [1.807, 2.05) is 43.0 Å². The SMILES string of the molecule is Cc1cccc(NC(=O)NCC(=O)NC2CCCN(c3cc(C)ccc3F)C2)c1. The van der Waals surface area contributed by atoms with Crippen molar-refractivity contribution in [2.75, 3.05) is 29.9 Å². The molecule has 1 aliphatic heterocycles. The molecule has 0 bridgehead atoms. The molecule has 1 aliphatic rings. The van der Waals surface area contributed by atoms with Crippen LogP contribution in [0.15, 0.2) is 42.5 Å². The molecule has 3 rings (SSSR count). The van der Waals surface area contributed by atoms with Gasteiger partial charge < -0.3 is 20.9 Å². The summed E-state index contributed by atoms with van der Waals surface area (Å²) in [5.74, 6) is -0.516. The van der Waals surface area contributed by atoms with E-state index in [4.69, 9.17) is 0 Å². The highest BCUT2D eigenvalue weighted by Gasteiger charge is 2.23. The Bertz CT molecular complexity index is 887. The Morgan fingerprint density at radius 3 is 2.72 bits per heavy atom. The monoisotopic (exact) mass is 398 g/mol. The number of aryl methyl sites for hydroxylation is 2. The van der Waals surface area contributed by atoms with Gasteiger partial charge in [-0.3, -0.25) is 4.79 Å². The lowest BCUT2D eigenvalue weighted by molar-refractivity contribution is -0.120. The largest absolute Gasteiger partial charge is 0.367 e. The predicted molar refractivity (Wildman–Crippen MR) is 113 cm³/mol. The first-order chi connectivity index (χ1) is 13.9. The molecule has 2 aromatic carbocycles. The predicted octanol–water partition coefficient (Wildman–Crippen LogP) is 3.35. The van der Waals surface area contributed by atoms with Gasteiger partial charge in [-0.1, -0.05) is 18.2 Å². The third kappa shape index (κ3) is 5.94. The van der Waals surface area contributed by atoms with E-state index in [1.54, 1.807) is 12.1 Å². The zero-order valence-electron chi connectivity index (χ0n) is 16.8. The van der Waals surface area contributed by atoms with Crippen molar-refractivity contribution in [1.29, 1.82) is 0 Å². The normalized spacial score (nSPS) is 16.2. The average Bonchev–Trinajstić information content (AvgIpc) is 2.68. The summed E-state index contributed by atoms with van der Waals surface area (Å²) in [6.45, 7) is 5.05. The molecule has 0 aromatic heterocycles. The number of hydrogen-bond acceptors (Lipinski definition) is 3. The molecule has 2 aromatic rings. The van der Waals surface area contributed by atoms with Crippen LogP contribution < -0.4 is 20.9 Å². The zero-order valence-corrected chi connectivity index (χ0v) is 16.8. The Hall–Kier alpha value is -3.09. The Kier molecular flexibility index (Phi) is 6.69. The minimum atomic E-state index is -0.433. The van der Waals surface area contributed by atoms with Crippen LogP contribution in [0.25, 0.3) is 0 Å². The van der Waals surface area contributed by atoms with Gasteiger partial charge in [-0.2, -0.15) is 0 Å². The number of anilines is 2. The van der Waals surface area contributed by atoms with Crippen LogP contribution in [0.5, 0.6) is 0 Å². The van der Waals surface area contributed by atoms with Crippen LogP contribution in [0.2, 0.25) is 0 Å². The Morgan fingerprint density at radius 1 is 1.14 bits per heavy atom. The molecule has 0 spiro atoms. The molecule has 1 fully saturated rings. The number of rotatable bonds is 5. The second-order valence-corrected chi connectivity index (χ2v) is 7.48. The number of piperidine rings is 1. The van der Waals surface area contributed by atoms with Crippen molar-refractivity contribution in [2.45, 2.75) is 32.7 Å². The molecule has 3 N–H and O–H groups in total. The fourth-order valence-corrected chi connectivity index (χ4v) is 3.52. The van der Waals surface area contributed by atoms with Crippen LogP contribution in [0.1, 0.15) is 24.0 Å². The molecular weight excluding hydrogens is 371 g/mol. The quantitative estimate of drug-likeness (QED) is 0.723. The summed E-state index contributed by atoms with van der Waals surface area (Å²) < 4.78 is 14.2. The fraction of sp³-hybridized carbons (Fsp3) is 0.364. The molecule has 1 atom stereocenters. The molecule has 1 unspecified atom stereocenters. The van der Waals surface area contributed by atoms with Gasteiger partial charge in [0, 0.05) is 24.8 Å². The van der Waals surface area contributed by atoms with Crippen molar-refractivity contribution in [1.82, 2.24) is 10.6 Å². The van der Waals surface area contributed by atoms with Crippen LogP contribution in [0.3, 0.4) is 0 Å². The summed E-state index contributed by atoms with van der Waals surface area (Å²) in [6.07, 6.45) is 1.69. The highest BCUT2D eigenvalue weighted by atomic mass is 19.1. The number of carbonyl (C=O) groups is 2. The average molecular weight is 398 g/mol. The van der Waals surface area contributed by atoms with E-state index in [0.717, 1.165) is 30.5 Å². The van der Waals surface area contributed by atoms with E-state index in [9.17, 15) is 14.0 Å². The van der Waals surface area contributed by atoms with E-state index < -0.39 is 6.03 Å². The fourth-order valence-electron chi connectivity index (χ4n) is 3.52. The third-order valence-electron chi connectivity index (χ3n) is 4.91.